The maximum absolute atomic E-state index is 4.47. The van der Waals surface area contributed by atoms with Gasteiger partial charge in [0.25, 0.3) is 0 Å². The van der Waals surface area contributed by atoms with Crippen molar-refractivity contribution in [2.45, 2.75) is 71.3 Å². The second-order valence-corrected chi connectivity index (χ2v) is 5.48. The third-order valence-electron chi connectivity index (χ3n) is 3.63. The second kappa shape index (κ2) is 10.0. The summed E-state index contributed by atoms with van der Waals surface area (Å²) in [5, 5.41) is 3.55. The van der Waals surface area contributed by atoms with Gasteiger partial charge in [-0.2, -0.15) is 0 Å². The molecule has 0 fully saturated rings. The Hall–Kier alpha value is -0.830. The minimum atomic E-state index is 0.432. The fraction of sp³-hybridized carbons (Fsp3) is 0.812. The summed E-state index contributed by atoms with van der Waals surface area (Å²) in [7, 11) is 2.03. The standard InChI is InChI=1S/C16H31N3/c1-4-6-7-8-9-10-11-12-15(17-5-2)16-13-19(3)14-18-16/h13-15,17H,4-12H2,1-3H3. The fourth-order valence-electron chi connectivity index (χ4n) is 2.52. The molecule has 110 valence electrons. The van der Waals surface area contributed by atoms with Gasteiger partial charge in [-0.3, -0.25) is 0 Å². The lowest BCUT2D eigenvalue weighted by atomic mass is 10.0. The van der Waals surface area contributed by atoms with Gasteiger partial charge in [-0.15, -0.1) is 0 Å². The van der Waals surface area contributed by atoms with Gasteiger partial charge in [-0.05, 0) is 13.0 Å². The summed E-state index contributed by atoms with van der Waals surface area (Å²) in [5.74, 6) is 0. The van der Waals surface area contributed by atoms with Crippen molar-refractivity contribution in [1.82, 2.24) is 14.9 Å². The zero-order valence-corrected chi connectivity index (χ0v) is 13.0. The summed E-state index contributed by atoms with van der Waals surface area (Å²) < 4.78 is 2.03. The molecule has 3 heteroatoms. The van der Waals surface area contributed by atoms with Gasteiger partial charge in [-0.25, -0.2) is 4.98 Å². The molecule has 1 atom stereocenters. The fourth-order valence-corrected chi connectivity index (χ4v) is 2.52. The number of rotatable bonds is 11. The highest BCUT2D eigenvalue weighted by Gasteiger charge is 2.12. The van der Waals surface area contributed by atoms with Crippen molar-refractivity contribution in [2.75, 3.05) is 6.54 Å². The van der Waals surface area contributed by atoms with E-state index < -0.39 is 0 Å². The minimum Gasteiger partial charge on any atom is -0.340 e. The summed E-state index contributed by atoms with van der Waals surface area (Å²) >= 11 is 0. The Labute approximate surface area is 118 Å². The number of aromatic nitrogens is 2. The molecule has 0 saturated heterocycles. The first-order valence-corrected chi connectivity index (χ1v) is 7.99. The highest BCUT2D eigenvalue weighted by atomic mass is 15.0. The molecule has 1 rings (SSSR count). The van der Waals surface area contributed by atoms with Crippen LogP contribution in [0.5, 0.6) is 0 Å². The Morgan fingerprint density at radius 2 is 1.79 bits per heavy atom. The number of unbranched alkanes of at least 4 members (excludes halogenated alkanes) is 6. The topological polar surface area (TPSA) is 29.9 Å². The molecular formula is C16H31N3. The smallest absolute Gasteiger partial charge is 0.0947 e. The van der Waals surface area contributed by atoms with E-state index in [1.165, 1.54) is 57.1 Å². The van der Waals surface area contributed by atoms with Gasteiger partial charge >= 0.3 is 0 Å². The van der Waals surface area contributed by atoms with E-state index in [-0.39, 0.29) is 0 Å². The molecule has 1 unspecified atom stereocenters. The van der Waals surface area contributed by atoms with Crippen molar-refractivity contribution >= 4 is 0 Å². The molecule has 1 N–H and O–H groups in total. The normalized spacial score (nSPS) is 12.8. The quantitative estimate of drug-likeness (QED) is 0.607. The van der Waals surface area contributed by atoms with Crippen LogP contribution in [0.15, 0.2) is 12.5 Å². The molecular weight excluding hydrogens is 234 g/mol. The van der Waals surface area contributed by atoms with E-state index in [4.69, 9.17) is 0 Å². The highest BCUT2D eigenvalue weighted by molar-refractivity contribution is 5.03. The first-order chi connectivity index (χ1) is 9.27. The number of nitrogens with one attached hydrogen (secondary N) is 1. The van der Waals surface area contributed by atoms with Crippen molar-refractivity contribution in [3.05, 3.63) is 18.2 Å². The highest BCUT2D eigenvalue weighted by Crippen LogP contribution is 2.18. The molecule has 1 heterocycles. The summed E-state index contributed by atoms with van der Waals surface area (Å²) in [6.45, 7) is 5.45. The van der Waals surface area contributed by atoms with Gasteiger partial charge in [0.2, 0.25) is 0 Å². The van der Waals surface area contributed by atoms with E-state index in [1.54, 1.807) is 0 Å². The Balaban J connectivity index is 2.19. The Morgan fingerprint density at radius 3 is 2.37 bits per heavy atom. The average molecular weight is 265 g/mol. The number of aryl methyl sites for hydroxylation is 1. The molecule has 19 heavy (non-hydrogen) atoms. The van der Waals surface area contributed by atoms with Gasteiger partial charge in [0.1, 0.15) is 0 Å². The number of hydrogen-bond acceptors (Lipinski definition) is 2. The van der Waals surface area contributed by atoms with Gasteiger partial charge < -0.3 is 9.88 Å². The van der Waals surface area contributed by atoms with E-state index in [0.717, 1.165) is 6.54 Å². The molecule has 0 aliphatic heterocycles. The van der Waals surface area contributed by atoms with Crippen LogP contribution in [0.3, 0.4) is 0 Å². The Kier molecular flexibility index (Phi) is 8.55. The zero-order valence-electron chi connectivity index (χ0n) is 13.0. The lowest BCUT2D eigenvalue weighted by molar-refractivity contribution is 0.468. The zero-order chi connectivity index (χ0) is 13.9. The predicted molar refractivity (Wildman–Crippen MR) is 82.2 cm³/mol. The van der Waals surface area contributed by atoms with Gasteiger partial charge in [-0.1, -0.05) is 58.8 Å². The lowest BCUT2D eigenvalue weighted by Crippen LogP contribution is -2.21. The summed E-state index contributed by atoms with van der Waals surface area (Å²) in [5.41, 5.74) is 1.19. The van der Waals surface area contributed by atoms with E-state index in [0.29, 0.717) is 6.04 Å². The van der Waals surface area contributed by atoms with Crippen LogP contribution in [0, 0.1) is 0 Å². The van der Waals surface area contributed by atoms with Crippen LogP contribution in [0.25, 0.3) is 0 Å². The van der Waals surface area contributed by atoms with Crippen LogP contribution < -0.4 is 5.32 Å². The average Bonchev–Trinajstić information content (AvgIpc) is 2.83. The molecule has 0 radical (unpaired) electrons. The third-order valence-corrected chi connectivity index (χ3v) is 3.63. The van der Waals surface area contributed by atoms with Crippen LogP contribution in [0.2, 0.25) is 0 Å². The van der Waals surface area contributed by atoms with Crippen LogP contribution in [0.1, 0.15) is 76.9 Å². The van der Waals surface area contributed by atoms with Gasteiger partial charge in [0, 0.05) is 13.2 Å². The maximum atomic E-state index is 4.47. The third kappa shape index (κ3) is 6.76. The van der Waals surface area contributed by atoms with Crippen LogP contribution >= 0.6 is 0 Å². The molecule has 0 aliphatic carbocycles. The van der Waals surface area contributed by atoms with Crippen LogP contribution in [-0.4, -0.2) is 16.1 Å². The van der Waals surface area contributed by atoms with Gasteiger partial charge in [0.05, 0.1) is 18.1 Å². The lowest BCUT2D eigenvalue weighted by Gasteiger charge is -2.15. The molecule has 1 aromatic heterocycles. The second-order valence-electron chi connectivity index (χ2n) is 5.48. The predicted octanol–water partition coefficient (Wildman–Crippen LogP) is 4.21. The van der Waals surface area contributed by atoms with Crippen molar-refractivity contribution in [3.63, 3.8) is 0 Å². The van der Waals surface area contributed by atoms with Crippen molar-refractivity contribution in [2.24, 2.45) is 7.05 Å². The largest absolute Gasteiger partial charge is 0.340 e. The Morgan fingerprint density at radius 1 is 1.11 bits per heavy atom. The summed E-state index contributed by atoms with van der Waals surface area (Å²) in [6, 6.07) is 0.432. The molecule has 0 aliphatic rings. The van der Waals surface area contributed by atoms with E-state index in [2.05, 4.69) is 30.3 Å². The molecule has 3 nitrogen and oxygen atoms in total. The molecule has 0 saturated carbocycles. The van der Waals surface area contributed by atoms with E-state index in [9.17, 15) is 0 Å². The molecule has 1 aromatic rings. The van der Waals surface area contributed by atoms with E-state index >= 15 is 0 Å². The molecule has 0 bridgehead atoms. The van der Waals surface area contributed by atoms with Crippen molar-refractivity contribution in [1.29, 1.82) is 0 Å². The first kappa shape index (κ1) is 16.2. The molecule has 0 spiro atoms. The maximum Gasteiger partial charge on any atom is 0.0947 e. The number of nitrogens with zero attached hydrogens (tertiary/aromatic N) is 2. The van der Waals surface area contributed by atoms with Crippen molar-refractivity contribution in [3.8, 4) is 0 Å². The minimum absolute atomic E-state index is 0.432. The van der Waals surface area contributed by atoms with Crippen LogP contribution in [-0.2, 0) is 7.05 Å². The Bertz CT molecular complexity index is 320. The van der Waals surface area contributed by atoms with Crippen LogP contribution in [0.4, 0.5) is 0 Å². The first-order valence-electron chi connectivity index (χ1n) is 7.99. The summed E-state index contributed by atoms with van der Waals surface area (Å²) in [6.07, 6.45) is 14.8. The van der Waals surface area contributed by atoms with Gasteiger partial charge in [0.15, 0.2) is 0 Å². The molecule has 0 amide bonds. The van der Waals surface area contributed by atoms with E-state index in [1.807, 2.05) is 17.9 Å². The molecule has 0 aromatic carbocycles. The monoisotopic (exact) mass is 265 g/mol. The summed E-state index contributed by atoms with van der Waals surface area (Å²) in [4.78, 5) is 4.47. The van der Waals surface area contributed by atoms with Crippen molar-refractivity contribution < 1.29 is 0 Å². The SMILES string of the molecule is CCCCCCCCCC(NCC)c1cn(C)cn1. The number of imidazole rings is 1. The number of hydrogen-bond donors (Lipinski definition) is 1.